The number of ether oxygens (including phenoxy) is 1. The Hall–Kier alpha value is -0.160. The van der Waals surface area contributed by atoms with Crippen LogP contribution in [0, 0.1) is 0 Å². The van der Waals surface area contributed by atoms with Crippen molar-refractivity contribution in [3.05, 3.63) is 0 Å². The summed E-state index contributed by atoms with van der Waals surface area (Å²) in [5, 5.41) is 35.0. The molecule has 19 heavy (non-hydrogen) atoms. The van der Waals surface area contributed by atoms with Crippen LogP contribution in [0.4, 0.5) is 0 Å². The first-order valence-electron chi connectivity index (χ1n) is 5.44. The van der Waals surface area contributed by atoms with Crippen LogP contribution >= 0.6 is 25.3 Å². The monoisotopic (exact) mass is 314 g/mol. The van der Waals surface area contributed by atoms with Crippen molar-refractivity contribution in [2.75, 3.05) is 19.8 Å². The number of carbonyl (C=O) groups excluding carboxylic acids is 2. The molecule has 0 aliphatic carbocycles. The van der Waals surface area contributed by atoms with Gasteiger partial charge in [-0.1, -0.05) is 0 Å². The van der Waals surface area contributed by atoms with Crippen molar-refractivity contribution in [3.63, 3.8) is 0 Å². The third-order valence-electron chi connectivity index (χ3n) is 2.41. The van der Waals surface area contributed by atoms with E-state index in [9.17, 15) is 19.8 Å². The summed E-state index contributed by atoms with van der Waals surface area (Å²) in [6, 6.07) is 0. The van der Waals surface area contributed by atoms with Crippen LogP contribution in [0.3, 0.4) is 0 Å². The van der Waals surface area contributed by atoms with Crippen LogP contribution in [0.25, 0.3) is 0 Å². The van der Waals surface area contributed by atoms with Gasteiger partial charge in [-0.15, -0.1) is 25.3 Å². The van der Waals surface area contributed by atoms with Crippen molar-refractivity contribution >= 4 is 35.5 Å². The summed E-state index contributed by atoms with van der Waals surface area (Å²) in [4.78, 5) is 22.4. The largest absolute Gasteiger partial charge is 0.394 e. The van der Waals surface area contributed by atoms with Gasteiger partial charge in [0, 0.05) is 12.8 Å². The Labute approximate surface area is 121 Å². The van der Waals surface area contributed by atoms with E-state index in [0.29, 0.717) is 0 Å². The molecule has 112 valence electrons. The fourth-order valence-electron chi connectivity index (χ4n) is 1.53. The lowest BCUT2D eigenvalue weighted by Gasteiger charge is -2.33. The van der Waals surface area contributed by atoms with Gasteiger partial charge in [-0.05, 0) is 0 Å². The average Bonchev–Trinajstić information content (AvgIpc) is 2.35. The number of hydrogen-bond acceptors (Lipinski definition) is 7. The summed E-state index contributed by atoms with van der Waals surface area (Å²) in [7, 11) is 0. The molecule has 2 unspecified atom stereocenters. The van der Waals surface area contributed by atoms with Crippen molar-refractivity contribution in [3.8, 4) is 0 Å². The van der Waals surface area contributed by atoms with E-state index in [4.69, 9.17) is 14.9 Å². The zero-order valence-electron chi connectivity index (χ0n) is 10.1. The first-order valence-corrected chi connectivity index (χ1v) is 6.34. The maximum absolute atomic E-state index is 11.6. The van der Waals surface area contributed by atoms with E-state index in [1.165, 1.54) is 0 Å². The minimum absolute atomic E-state index is 0.371. The molecule has 0 spiro atoms. The number of carbonyl (C=O) groups is 2. The Morgan fingerprint density at radius 3 is 1.74 bits per heavy atom. The van der Waals surface area contributed by atoms with Gasteiger partial charge >= 0.3 is 0 Å². The number of aliphatic hydroxyl groups excluding tert-OH is 4. The maximum atomic E-state index is 11.6. The molecular weight excluding hydrogens is 296 g/mol. The topological polar surface area (TPSA) is 124 Å². The lowest BCUT2D eigenvalue weighted by Crippen LogP contribution is -2.47. The Kier molecular flexibility index (Phi) is 8.83. The van der Waals surface area contributed by atoms with E-state index in [2.05, 4.69) is 25.3 Å². The molecule has 2 atom stereocenters. The van der Waals surface area contributed by atoms with Crippen LogP contribution in [0.15, 0.2) is 0 Å². The van der Waals surface area contributed by atoms with Gasteiger partial charge in [0.15, 0.2) is 0 Å². The molecule has 0 bridgehead atoms. The Balaban J connectivity index is 5.09. The molecule has 0 saturated heterocycles. The molecule has 0 radical (unpaired) electrons. The molecule has 0 amide bonds. The Morgan fingerprint density at radius 1 is 1.05 bits per heavy atom. The van der Waals surface area contributed by atoms with Crippen LogP contribution in [0.2, 0.25) is 0 Å². The number of rotatable bonds is 10. The molecular formula is C10H18O7S2. The van der Waals surface area contributed by atoms with Crippen molar-refractivity contribution in [2.45, 2.75) is 30.7 Å². The second-order valence-electron chi connectivity index (χ2n) is 4.06. The Bertz CT molecular complexity index is 298. The van der Waals surface area contributed by atoms with Crippen LogP contribution in [-0.2, 0) is 14.3 Å². The first-order chi connectivity index (χ1) is 8.77. The summed E-state index contributed by atoms with van der Waals surface area (Å²) in [5.74, 6) is 0. The van der Waals surface area contributed by atoms with E-state index in [0.717, 1.165) is 0 Å². The van der Waals surface area contributed by atoms with E-state index in [-0.39, 0.29) is 12.8 Å². The molecule has 7 nitrogen and oxygen atoms in total. The molecule has 0 heterocycles. The normalized spacial score (nSPS) is 17.6. The molecule has 0 aliphatic rings. The van der Waals surface area contributed by atoms with Crippen LogP contribution in [0.5, 0.6) is 0 Å². The third-order valence-corrected chi connectivity index (χ3v) is 2.95. The highest BCUT2D eigenvalue weighted by atomic mass is 32.1. The fourth-order valence-corrected chi connectivity index (χ4v) is 1.84. The number of thiol groups is 2. The number of hydrogen-bond donors (Lipinski definition) is 6. The lowest BCUT2D eigenvalue weighted by atomic mass is 9.90. The van der Waals surface area contributed by atoms with Crippen molar-refractivity contribution in [1.29, 1.82) is 0 Å². The van der Waals surface area contributed by atoms with Gasteiger partial charge in [-0.25, -0.2) is 0 Å². The van der Waals surface area contributed by atoms with Crippen molar-refractivity contribution in [2.24, 2.45) is 0 Å². The van der Waals surface area contributed by atoms with E-state index >= 15 is 0 Å². The average molecular weight is 314 g/mol. The zero-order valence-corrected chi connectivity index (χ0v) is 11.9. The van der Waals surface area contributed by atoms with Gasteiger partial charge in [0.05, 0.1) is 25.4 Å². The minimum atomic E-state index is -1.79. The second kappa shape index (κ2) is 8.90. The standard InChI is InChI=1S/C10H18O7S2/c11-3-6(13)1-10(9(16)19,2-7(14)4-12)17-5-8(15)18/h6-7,11-14H,1-5H2,(H,15,18)(H,16,19). The molecule has 0 fully saturated rings. The Morgan fingerprint density at radius 2 is 1.47 bits per heavy atom. The highest BCUT2D eigenvalue weighted by molar-refractivity contribution is 7.97. The number of aliphatic hydroxyl groups is 4. The fraction of sp³-hybridized carbons (Fsp3) is 0.800. The first kappa shape index (κ1) is 18.8. The molecule has 0 rings (SSSR count). The van der Waals surface area contributed by atoms with Gasteiger partial charge in [0.2, 0.25) is 10.2 Å². The summed E-state index contributed by atoms with van der Waals surface area (Å²) < 4.78 is 5.10. The van der Waals surface area contributed by atoms with Gasteiger partial charge in [-0.2, -0.15) is 0 Å². The quantitative estimate of drug-likeness (QED) is 0.261. The predicted octanol–water partition coefficient (Wildman–Crippen LogP) is -1.86. The maximum Gasteiger partial charge on any atom is 0.217 e. The second-order valence-corrected chi connectivity index (χ2v) is 4.97. The molecule has 4 N–H and O–H groups in total. The summed E-state index contributed by atoms with van der Waals surface area (Å²) in [5.41, 5.74) is -1.79. The lowest BCUT2D eigenvalue weighted by molar-refractivity contribution is -0.150. The zero-order chi connectivity index (χ0) is 15.1. The van der Waals surface area contributed by atoms with Gasteiger partial charge in [0.1, 0.15) is 12.2 Å². The molecule has 0 aromatic heterocycles. The van der Waals surface area contributed by atoms with E-state index < -0.39 is 47.9 Å². The third kappa shape index (κ3) is 6.70. The molecule has 0 aliphatic heterocycles. The molecule has 0 aromatic rings. The minimum Gasteiger partial charge on any atom is -0.394 e. The predicted molar refractivity (Wildman–Crippen MR) is 72.1 cm³/mol. The molecule has 0 aromatic carbocycles. The SMILES string of the molecule is O=C(S)COC(CC(O)CO)(CC(O)CO)C(=O)S. The van der Waals surface area contributed by atoms with Crippen molar-refractivity contribution < 1.29 is 34.8 Å². The van der Waals surface area contributed by atoms with Crippen molar-refractivity contribution in [1.82, 2.24) is 0 Å². The van der Waals surface area contributed by atoms with E-state index in [1.54, 1.807) is 0 Å². The molecule has 9 heteroatoms. The van der Waals surface area contributed by atoms with Gasteiger partial charge in [-0.3, -0.25) is 9.59 Å². The molecule has 0 saturated carbocycles. The van der Waals surface area contributed by atoms with Crippen LogP contribution < -0.4 is 0 Å². The van der Waals surface area contributed by atoms with Gasteiger partial charge in [0.25, 0.3) is 0 Å². The van der Waals surface area contributed by atoms with E-state index in [1.807, 2.05) is 0 Å². The van der Waals surface area contributed by atoms with Gasteiger partial charge < -0.3 is 25.2 Å². The highest BCUT2D eigenvalue weighted by Gasteiger charge is 2.41. The summed E-state index contributed by atoms with van der Waals surface area (Å²) >= 11 is 7.10. The van der Waals surface area contributed by atoms with Crippen LogP contribution in [0.1, 0.15) is 12.8 Å². The smallest absolute Gasteiger partial charge is 0.217 e. The summed E-state index contributed by atoms with van der Waals surface area (Å²) in [6.45, 7) is -1.79. The summed E-state index contributed by atoms with van der Waals surface area (Å²) in [6.07, 6.45) is -3.33. The van der Waals surface area contributed by atoms with Crippen LogP contribution in [-0.4, -0.2) is 68.3 Å². The highest BCUT2D eigenvalue weighted by Crippen LogP contribution is 2.28.